The van der Waals surface area contributed by atoms with Crippen molar-refractivity contribution in [3.05, 3.63) is 57.8 Å². The van der Waals surface area contributed by atoms with E-state index < -0.39 is 5.91 Å². The Bertz CT molecular complexity index is 572. The Morgan fingerprint density at radius 2 is 2.16 bits per heavy atom. The smallest absolute Gasteiger partial charge is 0.305 e. The highest BCUT2D eigenvalue weighted by molar-refractivity contribution is 6.35. The summed E-state index contributed by atoms with van der Waals surface area (Å²) in [5.74, 6) is -0.675. The summed E-state index contributed by atoms with van der Waals surface area (Å²) < 4.78 is 0. The van der Waals surface area contributed by atoms with Crippen molar-refractivity contribution in [2.45, 2.75) is 6.61 Å². The lowest BCUT2D eigenvalue weighted by Crippen LogP contribution is -2.27. The van der Waals surface area contributed by atoms with Crippen LogP contribution in [0.3, 0.4) is 0 Å². The van der Waals surface area contributed by atoms with Gasteiger partial charge in [0.1, 0.15) is 6.61 Å². The number of H-pyrrole nitrogens is 1. The lowest BCUT2D eigenvalue weighted by molar-refractivity contribution is -0.303. The molecule has 7 heteroatoms. The monoisotopic (exact) mass is 300 g/mol. The Labute approximate surface area is 119 Å². The van der Waals surface area contributed by atoms with E-state index in [9.17, 15) is 10.0 Å². The first-order chi connectivity index (χ1) is 9.08. The van der Waals surface area contributed by atoms with Gasteiger partial charge in [0.25, 0.3) is 0 Å². The van der Waals surface area contributed by atoms with Gasteiger partial charge in [0.2, 0.25) is 0 Å². The molecule has 0 aliphatic heterocycles. The van der Waals surface area contributed by atoms with Crippen LogP contribution >= 0.6 is 23.2 Å². The average Bonchev–Trinajstić information content (AvgIpc) is 2.90. The molecule has 2 N–H and O–H groups in total. The molecular weight excluding hydrogens is 291 g/mol. The van der Waals surface area contributed by atoms with Crippen molar-refractivity contribution in [3.63, 3.8) is 0 Å². The Balaban J connectivity index is 1.97. The minimum Gasteiger partial charge on any atom is -0.367 e. The summed E-state index contributed by atoms with van der Waals surface area (Å²) in [6, 6.07) is 6.36. The minimum absolute atomic E-state index is 0.0529. The lowest BCUT2D eigenvalue weighted by atomic mass is 10.2. The number of rotatable bonds is 4. The van der Waals surface area contributed by atoms with Crippen LogP contribution in [-0.4, -0.2) is 21.3 Å². The number of hydrogen-bond donors (Lipinski definition) is 2. The van der Waals surface area contributed by atoms with Crippen LogP contribution in [-0.2, 0) is 11.4 Å². The molecule has 1 aromatic carbocycles. The number of halogens is 2. The molecule has 5 nitrogen and oxygen atoms in total. The molecule has 0 radical (unpaired) electrons. The van der Waals surface area contributed by atoms with E-state index >= 15 is 0 Å². The average molecular weight is 301 g/mol. The van der Waals surface area contributed by atoms with Crippen LogP contribution in [0.5, 0.6) is 0 Å². The molecule has 1 amide bonds. The molecule has 100 valence electrons. The maximum absolute atomic E-state index is 11.6. The first kappa shape index (κ1) is 13.9. The Morgan fingerprint density at radius 1 is 1.37 bits per heavy atom. The van der Waals surface area contributed by atoms with Gasteiger partial charge in [0.05, 0.1) is 5.56 Å². The Hall–Kier alpha value is -1.53. The van der Waals surface area contributed by atoms with Crippen LogP contribution in [0, 0.1) is 0 Å². The Morgan fingerprint density at radius 3 is 2.79 bits per heavy atom. The van der Waals surface area contributed by atoms with E-state index in [1.807, 2.05) is 0 Å². The zero-order chi connectivity index (χ0) is 13.8. The van der Waals surface area contributed by atoms with E-state index in [1.165, 1.54) is 12.3 Å². The molecule has 0 fully saturated rings. The largest absolute Gasteiger partial charge is 0.367 e. The van der Waals surface area contributed by atoms with E-state index in [0.717, 1.165) is 0 Å². The molecule has 0 aliphatic rings. The number of amides is 1. The van der Waals surface area contributed by atoms with Gasteiger partial charge in [-0.3, -0.25) is 10.0 Å². The van der Waals surface area contributed by atoms with Gasteiger partial charge < -0.3 is 4.98 Å². The normalized spacial score (nSPS) is 10.5. The Kier molecular flexibility index (Phi) is 4.44. The standard InChI is InChI=1S/C12H10Cl2N2O3/c13-10-2-1-9(11(14)5-10)7-19-16(18)12(17)8-3-4-15-6-8/h1-6,15,18H,7H2. The van der Waals surface area contributed by atoms with Crippen molar-refractivity contribution in [2.75, 3.05) is 0 Å². The van der Waals surface area contributed by atoms with E-state index in [2.05, 4.69) is 4.98 Å². The minimum atomic E-state index is -0.675. The molecule has 2 rings (SSSR count). The van der Waals surface area contributed by atoms with Crippen LogP contribution in [0.4, 0.5) is 0 Å². The lowest BCUT2D eigenvalue weighted by Gasteiger charge is -2.14. The zero-order valence-electron chi connectivity index (χ0n) is 9.64. The fourth-order valence-corrected chi connectivity index (χ4v) is 1.86. The quantitative estimate of drug-likeness (QED) is 0.672. The van der Waals surface area contributed by atoms with Crippen molar-refractivity contribution >= 4 is 29.1 Å². The van der Waals surface area contributed by atoms with Crippen molar-refractivity contribution < 1.29 is 14.8 Å². The van der Waals surface area contributed by atoms with Crippen molar-refractivity contribution in [3.8, 4) is 0 Å². The molecule has 0 unspecified atom stereocenters. The predicted molar refractivity (Wildman–Crippen MR) is 70.0 cm³/mol. The van der Waals surface area contributed by atoms with Crippen LogP contribution in [0.15, 0.2) is 36.7 Å². The highest BCUT2D eigenvalue weighted by atomic mass is 35.5. The number of aromatic amines is 1. The molecule has 0 atom stereocenters. The molecule has 2 aromatic rings. The van der Waals surface area contributed by atoms with Gasteiger partial charge in [-0.05, 0) is 23.8 Å². The van der Waals surface area contributed by atoms with Crippen LogP contribution in [0.2, 0.25) is 10.0 Å². The molecule has 1 heterocycles. The third-order valence-corrected chi connectivity index (χ3v) is 2.96. The highest BCUT2D eigenvalue weighted by Crippen LogP contribution is 2.21. The molecule has 0 spiro atoms. The van der Waals surface area contributed by atoms with Gasteiger partial charge in [-0.1, -0.05) is 34.5 Å². The zero-order valence-corrected chi connectivity index (χ0v) is 11.1. The number of hydroxylamine groups is 2. The van der Waals surface area contributed by atoms with E-state index in [4.69, 9.17) is 28.0 Å². The summed E-state index contributed by atoms with van der Waals surface area (Å²) in [5, 5.41) is 10.5. The number of benzene rings is 1. The number of carbonyl (C=O) groups is 1. The van der Waals surface area contributed by atoms with E-state index in [-0.39, 0.29) is 17.4 Å². The van der Waals surface area contributed by atoms with Crippen molar-refractivity contribution in [1.82, 2.24) is 10.2 Å². The van der Waals surface area contributed by atoms with Gasteiger partial charge in [-0.25, -0.2) is 4.84 Å². The first-order valence-corrected chi connectivity index (χ1v) is 6.06. The summed E-state index contributed by atoms with van der Waals surface area (Å²) in [4.78, 5) is 19.3. The number of nitrogens with zero attached hydrogens (tertiary/aromatic N) is 1. The number of carbonyl (C=O) groups excluding carboxylic acids is 1. The maximum atomic E-state index is 11.6. The predicted octanol–water partition coefficient (Wildman–Crippen LogP) is 3.28. The molecule has 0 bridgehead atoms. The van der Waals surface area contributed by atoms with Crippen LogP contribution in [0.1, 0.15) is 15.9 Å². The van der Waals surface area contributed by atoms with Crippen molar-refractivity contribution in [1.29, 1.82) is 0 Å². The molecule has 1 aromatic heterocycles. The van der Waals surface area contributed by atoms with Gasteiger partial charge in [-0.2, -0.15) is 0 Å². The molecule has 0 saturated heterocycles. The summed E-state index contributed by atoms with van der Waals surface area (Å²) in [7, 11) is 0. The first-order valence-electron chi connectivity index (χ1n) is 5.31. The second-order valence-corrected chi connectivity index (χ2v) is 4.53. The number of hydrogen-bond acceptors (Lipinski definition) is 3. The topological polar surface area (TPSA) is 65.6 Å². The fraction of sp³-hybridized carbons (Fsp3) is 0.0833. The third-order valence-electron chi connectivity index (χ3n) is 2.38. The highest BCUT2D eigenvalue weighted by Gasteiger charge is 2.15. The molecule has 0 aliphatic carbocycles. The molecular formula is C12H10Cl2N2O3. The summed E-state index contributed by atoms with van der Waals surface area (Å²) in [6.45, 7) is -0.0529. The second-order valence-electron chi connectivity index (χ2n) is 3.69. The summed E-state index contributed by atoms with van der Waals surface area (Å²) >= 11 is 11.7. The fourth-order valence-electron chi connectivity index (χ4n) is 1.40. The molecule has 0 saturated carbocycles. The summed E-state index contributed by atoms with van der Waals surface area (Å²) in [5.41, 5.74) is 0.886. The number of aromatic nitrogens is 1. The van der Waals surface area contributed by atoms with Crippen LogP contribution < -0.4 is 0 Å². The third kappa shape index (κ3) is 3.48. The van der Waals surface area contributed by atoms with E-state index in [0.29, 0.717) is 15.6 Å². The van der Waals surface area contributed by atoms with Gasteiger partial charge >= 0.3 is 5.91 Å². The van der Waals surface area contributed by atoms with Crippen molar-refractivity contribution in [2.24, 2.45) is 0 Å². The van der Waals surface area contributed by atoms with Gasteiger partial charge in [0, 0.05) is 22.4 Å². The van der Waals surface area contributed by atoms with Crippen LogP contribution in [0.25, 0.3) is 0 Å². The summed E-state index contributed by atoms with van der Waals surface area (Å²) in [6.07, 6.45) is 3.02. The van der Waals surface area contributed by atoms with E-state index in [1.54, 1.807) is 24.4 Å². The molecule has 19 heavy (non-hydrogen) atoms. The SMILES string of the molecule is O=C(c1cc[nH]c1)N(O)OCc1ccc(Cl)cc1Cl. The van der Waals surface area contributed by atoms with Gasteiger partial charge in [0.15, 0.2) is 0 Å². The second kappa shape index (κ2) is 6.08. The van der Waals surface area contributed by atoms with Gasteiger partial charge in [-0.15, -0.1) is 0 Å². The number of nitrogens with one attached hydrogen (secondary N) is 1. The maximum Gasteiger partial charge on any atom is 0.305 e.